The summed E-state index contributed by atoms with van der Waals surface area (Å²) in [6, 6.07) is 6.37. The van der Waals surface area contributed by atoms with Gasteiger partial charge in [0.1, 0.15) is 24.2 Å². The summed E-state index contributed by atoms with van der Waals surface area (Å²) in [7, 11) is 0. The molecule has 0 aliphatic heterocycles. The zero-order valence-corrected chi connectivity index (χ0v) is 13.6. The van der Waals surface area contributed by atoms with Crippen LogP contribution in [0.2, 0.25) is 0 Å². The molecule has 0 spiro atoms. The normalized spacial score (nSPS) is 11.7. The number of nitrogens with one attached hydrogen (secondary N) is 2. The molecule has 1 unspecified atom stereocenters. The Morgan fingerprint density at radius 1 is 1.28 bits per heavy atom. The van der Waals surface area contributed by atoms with Gasteiger partial charge in [-0.3, -0.25) is 9.78 Å². The molecule has 1 heterocycles. The number of ether oxygens (including phenoxy) is 1. The molecule has 0 bridgehead atoms. The lowest BCUT2D eigenvalue weighted by atomic mass is 10.3. The summed E-state index contributed by atoms with van der Waals surface area (Å²) in [5, 5.41) is 15.5. The highest BCUT2D eigenvalue weighted by Gasteiger charge is 2.10. The molecule has 0 fully saturated rings. The van der Waals surface area contributed by atoms with Crippen LogP contribution < -0.4 is 15.4 Å². The Labute approximate surface area is 143 Å². The second-order valence-corrected chi connectivity index (χ2v) is 5.21. The van der Waals surface area contributed by atoms with Crippen molar-refractivity contribution in [2.45, 2.75) is 13.0 Å². The first-order chi connectivity index (χ1) is 12.0. The van der Waals surface area contributed by atoms with E-state index in [2.05, 4.69) is 15.6 Å². The lowest BCUT2D eigenvalue weighted by Crippen LogP contribution is -2.27. The van der Waals surface area contributed by atoms with Crippen molar-refractivity contribution in [3.05, 3.63) is 53.9 Å². The molecule has 134 valence electrons. The number of hydrogen-bond donors (Lipinski definition) is 3. The van der Waals surface area contributed by atoms with Gasteiger partial charge in [-0.25, -0.2) is 8.78 Å². The Morgan fingerprint density at radius 2 is 2.08 bits per heavy atom. The minimum Gasteiger partial charge on any atom is -0.491 e. The van der Waals surface area contributed by atoms with Crippen molar-refractivity contribution in [3.8, 4) is 5.75 Å². The summed E-state index contributed by atoms with van der Waals surface area (Å²) in [6.07, 6.45) is 0.589. The van der Waals surface area contributed by atoms with Crippen molar-refractivity contribution in [1.29, 1.82) is 0 Å². The van der Waals surface area contributed by atoms with Gasteiger partial charge in [0, 0.05) is 31.0 Å². The van der Waals surface area contributed by atoms with Gasteiger partial charge in [0.05, 0.1) is 0 Å². The number of anilines is 1. The van der Waals surface area contributed by atoms with E-state index in [4.69, 9.17) is 4.74 Å². The summed E-state index contributed by atoms with van der Waals surface area (Å²) in [5.74, 6) is -2.14. The Bertz CT molecular complexity index is 728. The topological polar surface area (TPSA) is 83.5 Å². The number of aromatic nitrogens is 1. The molecule has 25 heavy (non-hydrogen) atoms. The maximum Gasteiger partial charge on any atom is 0.269 e. The number of nitrogens with zero attached hydrogens (tertiary/aromatic N) is 1. The third-order valence-corrected chi connectivity index (χ3v) is 3.21. The average Bonchev–Trinajstić information content (AvgIpc) is 2.61. The van der Waals surface area contributed by atoms with Crippen molar-refractivity contribution in [1.82, 2.24) is 10.3 Å². The van der Waals surface area contributed by atoms with Crippen molar-refractivity contribution in [3.63, 3.8) is 0 Å². The summed E-state index contributed by atoms with van der Waals surface area (Å²) in [5.41, 5.74) is 0.877. The van der Waals surface area contributed by atoms with E-state index in [1.54, 1.807) is 12.1 Å². The average molecular weight is 351 g/mol. The highest BCUT2D eigenvalue weighted by molar-refractivity contribution is 5.93. The quantitative estimate of drug-likeness (QED) is 0.677. The highest BCUT2D eigenvalue weighted by Crippen LogP contribution is 2.15. The number of pyridine rings is 1. The number of aliphatic hydroxyl groups excluding tert-OH is 1. The Hall–Kier alpha value is -2.74. The van der Waals surface area contributed by atoms with E-state index in [0.717, 1.165) is 12.1 Å². The molecule has 0 radical (unpaired) electrons. The van der Waals surface area contributed by atoms with Crippen LogP contribution in [0.15, 0.2) is 36.5 Å². The predicted octanol–water partition coefficient (Wildman–Crippen LogP) is 1.96. The van der Waals surface area contributed by atoms with Gasteiger partial charge in [0.2, 0.25) is 0 Å². The third-order valence-electron chi connectivity index (χ3n) is 3.21. The SMILES string of the molecule is CCNC(=O)c1cc(NCC(O)COc2ccc(F)c(F)c2)ccn1. The predicted molar refractivity (Wildman–Crippen MR) is 88.6 cm³/mol. The van der Waals surface area contributed by atoms with Crippen LogP contribution in [-0.2, 0) is 0 Å². The van der Waals surface area contributed by atoms with Crippen LogP contribution in [0, 0.1) is 11.6 Å². The zero-order valence-electron chi connectivity index (χ0n) is 13.6. The molecule has 0 saturated carbocycles. The zero-order chi connectivity index (χ0) is 18.2. The molecule has 1 aromatic heterocycles. The van der Waals surface area contributed by atoms with Crippen LogP contribution in [0.5, 0.6) is 5.75 Å². The lowest BCUT2D eigenvalue weighted by Gasteiger charge is -2.14. The largest absolute Gasteiger partial charge is 0.491 e. The fourth-order valence-corrected chi connectivity index (χ4v) is 1.97. The Morgan fingerprint density at radius 3 is 2.80 bits per heavy atom. The maximum atomic E-state index is 13.1. The standard InChI is InChI=1S/C17H19F2N3O3/c1-2-20-17(24)16-7-11(5-6-21-16)22-9-12(23)10-25-13-3-4-14(18)15(19)8-13/h3-8,12,23H,2,9-10H2,1H3,(H,20,24)(H,21,22). The molecule has 1 aromatic carbocycles. The van der Waals surface area contributed by atoms with Crippen LogP contribution in [-0.4, -0.2) is 41.8 Å². The van der Waals surface area contributed by atoms with Crippen LogP contribution in [0.4, 0.5) is 14.5 Å². The van der Waals surface area contributed by atoms with Gasteiger partial charge in [-0.1, -0.05) is 0 Å². The van der Waals surface area contributed by atoms with E-state index in [1.807, 2.05) is 6.92 Å². The lowest BCUT2D eigenvalue weighted by molar-refractivity contribution is 0.0951. The summed E-state index contributed by atoms with van der Waals surface area (Å²) in [4.78, 5) is 15.7. The molecular formula is C17H19F2N3O3. The van der Waals surface area contributed by atoms with Crippen molar-refractivity contribution < 1.29 is 23.4 Å². The molecule has 2 aromatic rings. The number of hydrogen-bond acceptors (Lipinski definition) is 5. The number of amides is 1. The molecule has 2 rings (SSSR count). The van der Waals surface area contributed by atoms with E-state index in [9.17, 15) is 18.7 Å². The second kappa shape index (κ2) is 8.93. The highest BCUT2D eigenvalue weighted by atomic mass is 19.2. The summed E-state index contributed by atoms with van der Waals surface area (Å²) >= 11 is 0. The number of halogens is 2. The summed E-state index contributed by atoms with van der Waals surface area (Å²) < 4.78 is 31.1. The molecule has 6 nitrogen and oxygen atoms in total. The van der Waals surface area contributed by atoms with Crippen LogP contribution >= 0.6 is 0 Å². The number of carbonyl (C=O) groups is 1. The van der Waals surface area contributed by atoms with Gasteiger partial charge < -0.3 is 20.5 Å². The summed E-state index contributed by atoms with van der Waals surface area (Å²) in [6.45, 7) is 2.34. The van der Waals surface area contributed by atoms with Gasteiger partial charge in [0.25, 0.3) is 5.91 Å². The van der Waals surface area contributed by atoms with E-state index < -0.39 is 17.7 Å². The monoisotopic (exact) mass is 351 g/mol. The van der Waals surface area contributed by atoms with E-state index in [1.165, 1.54) is 12.3 Å². The Kier molecular flexibility index (Phi) is 6.64. The van der Waals surface area contributed by atoms with Gasteiger partial charge in [0.15, 0.2) is 11.6 Å². The van der Waals surface area contributed by atoms with Crippen LogP contribution in [0.25, 0.3) is 0 Å². The maximum absolute atomic E-state index is 13.1. The van der Waals surface area contributed by atoms with E-state index in [-0.39, 0.29) is 30.5 Å². The number of aliphatic hydroxyl groups is 1. The molecule has 8 heteroatoms. The van der Waals surface area contributed by atoms with Crippen molar-refractivity contribution in [2.75, 3.05) is 25.0 Å². The number of rotatable bonds is 8. The number of benzene rings is 1. The smallest absolute Gasteiger partial charge is 0.269 e. The van der Waals surface area contributed by atoms with Crippen LogP contribution in [0.3, 0.4) is 0 Å². The third kappa shape index (κ3) is 5.68. The van der Waals surface area contributed by atoms with Gasteiger partial charge >= 0.3 is 0 Å². The first kappa shape index (κ1) is 18.6. The van der Waals surface area contributed by atoms with Gasteiger partial charge in [-0.2, -0.15) is 0 Å². The molecule has 0 aliphatic carbocycles. The Balaban J connectivity index is 1.83. The van der Waals surface area contributed by atoms with Crippen LogP contribution in [0.1, 0.15) is 17.4 Å². The van der Waals surface area contributed by atoms with Crippen molar-refractivity contribution >= 4 is 11.6 Å². The molecule has 0 aliphatic rings. The fraction of sp³-hybridized carbons (Fsp3) is 0.294. The molecular weight excluding hydrogens is 332 g/mol. The first-order valence-electron chi connectivity index (χ1n) is 7.73. The minimum atomic E-state index is -1.01. The second-order valence-electron chi connectivity index (χ2n) is 5.21. The first-order valence-corrected chi connectivity index (χ1v) is 7.73. The van der Waals surface area contributed by atoms with E-state index in [0.29, 0.717) is 12.2 Å². The molecule has 3 N–H and O–H groups in total. The van der Waals surface area contributed by atoms with Gasteiger partial charge in [-0.15, -0.1) is 0 Å². The fourth-order valence-electron chi connectivity index (χ4n) is 1.97. The van der Waals surface area contributed by atoms with Crippen molar-refractivity contribution in [2.24, 2.45) is 0 Å². The molecule has 1 atom stereocenters. The minimum absolute atomic E-state index is 0.105. The van der Waals surface area contributed by atoms with Gasteiger partial charge in [-0.05, 0) is 31.2 Å². The number of carbonyl (C=O) groups excluding carboxylic acids is 1. The molecule has 1 amide bonds. The van der Waals surface area contributed by atoms with E-state index >= 15 is 0 Å². The molecule has 0 saturated heterocycles.